The summed E-state index contributed by atoms with van der Waals surface area (Å²) in [5.74, 6) is -2.65. The van der Waals surface area contributed by atoms with Crippen LogP contribution in [0.1, 0.15) is 25.7 Å². The minimum atomic E-state index is -4.08. The molecule has 2 aromatic carbocycles. The number of carbonyl (C=O) groups excluding carboxylic acids is 1. The van der Waals surface area contributed by atoms with Gasteiger partial charge in [-0.1, -0.05) is 12.8 Å². The van der Waals surface area contributed by atoms with Gasteiger partial charge in [-0.25, -0.2) is 17.2 Å². The van der Waals surface area contributed by atoms with Gasteiger partial charge in [-0.3, -0.25) is 9.52 Å². The highest BCUT2D eigenvalue weighted by Gasteiger charge is 2.36. The van der Waals surface area contributed by atoms with Crippen molar-refractivity contribution in [1.29, 1.82) is 0 Å². The number of amides is 1. The van der Waals surface area contributed by atoms with Crippen LogP contribution in [0.15, 0.2) is 47.4 Å². The first-order valence-corrected chi connectivity index (χ1v) is 9.86. The van der Waals surface area contributed by atoms with Crippen molar-refractivity contribution in [2.24, 2.45) is 5.73 Å². The van der Waals surface area contributed by atoms with Gasteiger partial charge in [0, 0.05) is 11.4 Å². The van der Waals surface area contributed by atoms with Crippen LogP contribution in [0.2, 0.25) is 0 Å². The van der Waals surface area contributed by atoms with Crippen molar-refractivity contribution in [3.05, 3.63) is 54.1 Å². The van der Waals surface area contributed by atoms with Crippen molar-refractivity contribution in [3.63, 3.8) is 0 Å². The predicted octanol–water partition coefficient (Wildman–Crippen LogP) is 2.98. The van der Waals surface area contributed by atoms with Gasteiger partial charge in [0.05, 0.1) is 10.4 Å². The van der Waals surface area contributed by atoms with E-state index in [2.05, 4.69) is 10.0 Å². The summed E-state index contributed by atoms with van der Waals surface area (Å²) >= 11 is 0. The van der Waals surface area contributed by atoms with E-state index in [1.54, 1.807) is 0 Å². The molecule has 9 heteroatoms. The first-order valence-electron chi connectivity index (χ1n) is 8.38. The highest BCUT2D eigenvalue weighted by Crippen LogP contribution is 2.28. The Hall–Kier alpha value is -2.52. The Morgan fingerprint density at radius 1 is 0.963 bits per heavy atom. The van der Waals surface area contributed by atoms with E-state index in [1.807, 2.05) is 0 Å². The molecule has 1 aliphatic carbocycles. The third-order valence-electron chi connectivity index (χ3n) is 4.54. The van der Waals surface area contributed by atoms with Crippen molar-refractivity contribution in [2.45, 2.75) is 36.1 Å². The van der Waals surface area contributed by atoms with Gasteiger partial charge >= 0.3 is 0 Å². The molecule has 0 bridgehead atoms. The number of hydrogen-bond donors (Lipinski definition) is 3. The summed E-state index contributed by atoms with van der Waals surface area (Å²) in [6, 6.07) is 8.27. The zero-order chi connectivity index (χ0) is 19.7. The third kappa shape index (κ3) is 4.25. The summed E-state index contributed by atoms with van der Waals surface area (Å²) in [5, 5.41) is 2.73. The molecule has 27 heavy (non-hydrogen) atoms. The summed E-state index contributed by atoms with van der Waals surface area (Å²) in [4.78, 5) is 11.9. The lowest BCUT2D eigenvalue weighted by atomic mass is 9.98. The largest absolute Gasteiger partial charge is 0.324 e. The van der Waals surface area contributed by atoms with E-state index >= 15 is 0 Å². The molecule has 2 aromatic rings. The number of rotatable bonds is 5. The van der Waals surface area contributed by atoms with E-state index in [-0.39, 0.29) is 11.6 Å². The van der Waals surface area contributed by atoms with Crippen LogP contribution >= 0.6 is 0 Å². The van der Waals surface area contributed by atoms with Crippen LogP contribution in [-0.4, -0.2) is 19.9 Å². The van der Waals surface area contributed by atoms with E-state index in [4.69, 9.17) is 5.73 Å². The highest BCUT2D eigenvalue weighted by atomic mass is 32.2. The van der Waals surface area contributed by atoms with Crippen molar-refractivity contribution < 1.29 is 22.0 Å². The second-order valence-electron chi connectivity index (χ2n) is 6.58. The van der Waals surface area contributed by atoms with Gasteiger partial charge in [0.15, 0.2) is 11.6 Å². The Morgan fingerprint density at radius 2 is 1.56 bits per heavy atom. The molecule has 6 nitrogen and oxygen atoms in total. The molecule has 0 atom stereocenters. The van der Waals surface area contributed by atoms with Gasteiger partial charge in [-0.2, -0.15) is 0 Å². The maximum Gasteiger partial charge on any atom is 0.261 e. The zero-order valence-corrected chi connectivity index (χ0v) is 15.2. The van der Waals surface area contributed by atoms with Crippen LogP contribution in [0.25, 0.3) is 0 Å². The van der Waals surface area contributed by atoms with Crippen molar-refractivity contribution in [2.75, 3.05) is 10.0 Å². The van der Waals surface area contributed by atoms with Crippen molar-refractivity contribution in [1.82, 2.24) is 0 Å². The number of nitrogens with two attached hydrogens (primary N) is 1. The van der Waals surface area contributed by atoms with Gasteiger partial charge in [-0.05, 0) is 55.3 Å². The SMILES string of the molecule is NC1(C(=O)Nc2ccc(NS(=O)(=O)c3ccc(F)c(F)c3)cc2)CCCC1. The average Bonchev–Trinajstić information content (AvgIpc) is 3.07. The number of nitrogens with one attached hydrogen (secondary N) is 2. The van der Waals surface area contributed by atoms with Crippen molar-refractivity contribution in [3.8, 4) is 0 Å². The standard InChI is InChI=1S/C18H19F2N3O3S/c19-15-8-7-14(11-16(15)20)27(25,26)23-13-5-3-12(4-6-13)22-17(24)18(21)9-1-2-10-18/h3-8,11,23H,1-2,9-10,21H2,(H,22,24). The Kier molecular flexibility index (Phi) is 5.16. The molecule has 1 amide bonds. The van der Waals surface area contributed by atoms with E-state index < -0.39 is 32.1 Å². The zero-order valence-electron chi connectivity index (χ0n) is 14.3. The normalized spacial score (nSPS) is 16.1. The monoisotopic (exact) mass is 395 g/mol. The summed E-state index contributed by atoms with van der Waals surface area (Å²) in [5.41, 5.74) is 5.91. The lowest BCUT2D eigenvalue weighted by Crippen LogP contribution is -2.48. The number of hydrogen-bond acceptors (Lipinski definition) is 4. The maximum absolute atomic E-state index is 13.3. The highest BCUT2D eigenvalue weighted by molar-refractivity contribution is 7.92. The van der Waals surface area contributed by atoms with Gasteiger partial charge in [0.1, 0.15) is 0 Å². The summed E-state index contributed by atoms with van der Waals surface area (Å²) < 4.78 is 53.0. The molecule has 144 valence electrons. The second kappa shape index (κ2) is 7.24. The fraction of sp³-hybridized carbons (Fsp3) is 0.278. The molecule has 3 rings (SSSR count). The smallest absolute Gasteiger partial charge is 0.261 e. The molecule has 0 radical (unpaired) electrons. The second-order valence-corrected chi connectivity index (χ2v) is 8.26. The average molecular weight is 395 g/mol. The van der Waals surface area contributed by atoms with E-state index in [0.29, 0.717) is 24.6 Å². The number of sulfonamides is 1. The summed E-state index contributed by atoms with van der Waals surface area (Å²) in [7, 11) is -4.08. The number of anilines is 2. The van der Waals surface area contributed by atoms with Gasteiger partial charge < -0.3 is 11.1 Å². The number of carbonyl (C=O) groups is 1. The predicted molar refractivity (Wildman–Crippen MR) is 97.6 cm³/mol. The lowest BCUT2D eigenvalue weighted by Gasteiger charge is -2.22. The molecule has 1 aliphatic rings. The van der Waals surface area contributed by atoms with E-state index in [9.17, 15) is 22.0 Å². The van der Waals surface area contributed by atoms with Crippen LogP contribution in [0.5, 0.6) is 0 Å². The lowest BCUT2D eigenvalue weighted by molar-refractivity contribution is -0.121. The van der Waals surface area contributed by atoms with Crippen LogP contribution < -0.4 is 15.8 Å². The fourth-order valence-electron chi connectivity index (χ4n) is 2.97. The molecule has 1 saturated carbocycles. The van der Waals surface area contributed by atoms with Crippen LogP contribution in [0.4, 0.5) is 20.2 Å². The molecular formula is C18H19F2N3O3S. The molecule has 0 heterocycles. The molecule has 0 aliphatic heterocycles. The minimum Gasteiger partial charge on any atom is -0.324 e. The molecule has 0 saturated heterocycles. The molecular weight excluding hydrogens is 376 g/mol. The van der Waals surface area contributed by atoms with Gasteiger partial charge in [0.2, 0.25) is 5.91 Å². The topological polar surface area (TPSA) is 101 Å². The molecule has 0 unspecified atom stereocenters. The first kappa shape index (κ1) is 19.2. The summed E-state index contributed by atoms with van der Waals surface area (Å²) in [6.45, 7) is 0. The Balaban J connectivity index is 1.70. The van der Waals surface area contributed by atoms with E-state index in [1.165, 1.54) is 24.3 Å². The van der Waals surface area contributed by atoms with Crippen molar-refractivity contribution >= 4 is 27.3 Å². The summed E-state index contributed by atoms with van der Waals surface area (Å²) in [6.07, 6.45) is 3.08. The van der Waals surface area contributed by atoms with E-state index in [0.717, 1.165) is 25.0 Å². The van der Waals surface area contributed by atoms with Gasteiger partial charge in [0.25, 0.3) is 10.0 Å². The Bertz CT molecular complexity index is 956. The third-order valence-corrected chi connectivity index (χ3v) is 5.92. The number of halogens is 2. The Morgan fingerprint density at radius 3 is 2.15 bits per heavy atom. The van der Waals surface area contributed by atoms with Crippen LogP contribution in [0, 0.1) is 11.6 Å². The number of benzene rings is 2. The Labute approximate surface area is 155 Å². The molecule has 4 N–H and O–H groups in total. The van der Waals surface area contributed by atoms with Crippen LogP contribution in [0.3, 0.4) is 0 Å². The molecule has 0 aromatic heterocycles. The minimum absolute atomic E-state index is 0.209. The maximum atomic E-state index is 13.3. The molecule has 1 fully saturated rings. The quantitative estimate of drug-likeness (QED) is 0.724. The van der Waals surface area contributed by atoms with Crippen LogP contribution in [-0.2, 0) is 14.8 Å². The molecule has 0 spiro atoms. The van der Waals surface area contributed by atoms with Gasteiger partial charge in [-0.15, -0.1) is 0 Å². The fourth-order valence-corrected chi connectivity index (χ4v) is 4.04. The first-order chi connectivity index (χ1) is 12.7.